The summed E-state index contributed by atoms with van der Waals surface area (Å²) in [4.78, 5) is 27.6. The Labute approximate surface area is 105 Å². The average molecular weight is 251 g/mol. The Balaban J connectivity index is 2.44. The van der Waals surface area contributed by atoms with Crippen molar-refractivity contribution in [3.63, 3.8) is 0 Å². The molecule has 0 aliphatic carbocycles. The fourth-order valence-corrected chi connectivity index (χ4v) is 3.18. The van der Waals surface area contributed by atoms with Crippen molar-refractivity contribution in [1.82, 2.24) is 4.90 Å². The number of nitrogens with zero attached hydrogens (tertiary/aromatic N) is 1. The van der Waals surface area contributed by atoms with Crippen LogP contribution in [-0.2, 0) is 11.2 Å². The number of hydrogen-bond donors (Lipinski definition) is 0. The van der Waals surface area contributed by atoms with E-state index in [1.54, 1.807) is 11.3 Å². The van der Waals surface area contributed by atoms with Gasteiger partial charge in [0.15, 0.2) is 0 Å². The fraction of sp³-hybridized carbons (Fsp3) is 0.538. The molecule has 0 bridgehead atoms. The van der Waals surface area contributed by atoms with Crippen molar-refractivity contribution in [2.45, 2.75) is 46.1 Å². The zero-order valence-corrected chi connectivity index (χ0v) is 11.4. The van der Waals surface area contributed by atoms with Crippen LogP contribution >= 0.6 is 11.3 Å². The maximum Gasteiger partial charge on any atom is 0.261 e. The van der Waals surface area contributed by atoms with Gasteiger partial charge in [0.05, 0.1) is 12.0 Å². The number of carbonyl (C=O) groups excluding carboxylic acids is 2. The van der Waals surface area contributed by atoms with E-state index < -0.39 is 0 Å². The van der Waals surface area contributed by atoms with E-state index in [4.69, 9.17) is 0 Å². The van der Waals surface area contributed by atoms with E-state index in [2.05, 4.69) is 13.8 Å². The lowest BCUT2D eigenvalue weighted by Crippen LogP contribution is -2.45. The molecule has 2 heterocycles. The highest BCUT2D eigenvalue weighted by molar-refractivity contribution is 7.12. The number of imide groups is 1. The highest BCUT2D eigenvalue weighted by Gasteiger charge is 2.34. The van der Waals surface area contributed by atoms with Crippen LogP contribution in [-0.4, -0.2) is 22.8 Å². The van der Waals surface area contributed by atoms with E-state index in [9.17, 15) is 9.59 Å². The van der Waals surface area contributed by atoms with Crippen molar-refractivity contribution in [1.29, 1.82) is 0 Å². The summed E-state index contributed by atoms with van der Waals surface area (Å²) in [5, 5.41) is 0. The Morgan fingerprint density at radius 2 is 1.88 bits per heavy atom. The molecule has 2 amide bonds. The van der Waals surface area contributed by atoms with E-state index in [0.717, 1.165) is 10.4 Å². The molecule has 0 saturated carbocycles. The number of rotatable bonds is 2. The van der Waals surface area contributed by atoms with Crippen LogP contribution in [0.15, 0.2) is 6.07 Å². The van der Waals surface area contributed by atoms with Crippen molar-refractivity contribution < 1.29 is 9.59 Å². The van der Waals surface area contributed by atoms with Crippen LogP contribution in [0.1, 0.15) is 53.7 Å². The first-order valence-electron chi connectivity index (χ1n) is 5.90. The van der Waals surface area contributed by atoms with Crippen LogP contribution in [0.5, 0.6) is 0 Å². The molecule has 4 heteroatoms. The topological polar surface area (TPSA) is 37.4 Å². The van der Waals surface area contributed by atoms with E-state index in [1.807, 2.05) is 19.9 Å². The van der Waals surface area contributed by atoms with Gasteiger partial charge in [-0.15, -0.1) is 11.3 Å². The lowest BCUT2D eigenvalue weighted by molar-refractivity contribution is -0.129. The summed E-state index contributed by atoms with van der Waals surface area (Å²) in [6, 6.07) is 1.89. The lowest BCUT2D eigenvalue weighted by Gasteiger charge is -2.28. The van der Waals surface area contributed by atoms with Gasteiger partial charge in [-0.3, -0.25) is 14.5 Å². The van der Waals surface area contributed by atoms with Crippen LogP contribution in [0.4, 0.5) is 0 Å². The van der Waals surface area contributed by atoms with Crippen molar-refractivity contribution in [3.05, 3.63) is 21.4 Å². The molecule has 92 valence electrons. The first kappa shape index (κ1) is 12.3. The summed E-state index contributed by atoms with van der Waals surface area (Å²) in [6.45, 7) is 7.95. The Morgan fingerprint density at radius 1 is 1.24 bits per heavy atom. The van der Waals surface area contributed by atoms with Gasteiger partial charge in [-0.25, -0.2) is 0 Å². The van der Waals surface area contributed by atoms with E-state index in [0.29, 0.717) is 12.3 Å². The minimum atomic E-state index is -0.130. The Hall–Kier alpha value is -1.16. The third kappa shape index (κ3) is 2.02. The van der Waals surface area contributed by atoms with Gasteiger partial charge in [-0.05, 0) is 25.8 Å². The smallest absolute Gasteiger partial charge is 0.261 e. The maximum absolute atomic E-state index is 12.2. The molecule has 0 spiro atoms. The van der Waals surface area contributed by atoms with Crippen molar-refractivity contribution in [2.24, 2.45) is 0 Å². The van der Waals surface area contributed by atoms with Gasteiger partial charge in [-0.2, -0.15) is 0 Å². The minimum Gasteiger partial charge on any atom is -0.276 e. The average Bonchev–Trinajstić information content (AvgIpc) is 2.60. The van der Waals surface area contributed by atoms with Crippen LogP contribution in [0.25, 0.3) is 0 Å². The molecule has 1 aromatic heterocycles. The van der Waals surface area contributed by atoms with Gasteiger partial charge in [0.1, 0.15) is 0 Å². The number of hydrogen-bond acceptors (Lipinski definition) is 3. The van der Waals surface area contributed by atoms with E-state index in [1.165, 1.54) is 9.78 Å². The van der Waals surface area contributed by atoms with Crippen molar-refractivity contribution in [3.8, 4) is 0 Å². The molecular formula is C13H17NO2S. The van der Waals surface area contributed by atoms with Gasteiger partial charge < -0.3 is 0 Å². The molecular weight excluding hydrogens is 234 g/mol. The third-order valence-electron chi connectivity index (χ3n) is 2.94. The van der Waals surface area contributed by atoms with Crippen LogP contribution in [0.2, 0.25) is 0 Å². The molecule has 0 N–H and O–H groups in total. The van der Waals surface area contributed by atoms with Crippen LogP contribution in [0.3, 0.4) is 0 Å². The fourth-order valence-electron chi connectivity index (χ4n) is 2.03. The summed E-state index contributed by atoms with van der Waals surface area (Å²) in [6.07, 6.45) is 0.372. The second-order valence-electron chi connectivity index (χ2n) is 4.98. The SMILES string of the molecule is CC(C)c1cc2c(s1)CC(=O)N(C(C)C)C2=O. The zero-order chi connectivity index (χ0) is 12.7. The molecule has 3 nitrogen and oxygen atoms in total. The minimum absolute atomic E-state index is 0.0643. The number of fused-ring (bicyclic) bond motifs is 1. The van der Waals surface area contributed by atoms with Crippen LogP contribution < -0.4 is 0 Å². The quantitative estimate of drug-likeness (QED) is 0.758. The normalized spacial score (nSPS) is 16.0. The summed E-state index contributed by atoms with van der Waals surface area (Å²) in [5.41, 5.74) is 0.729. The number of amides is 2. The summed E-state index contributed by atoms with van der Waals surface area (Å²) in [7, 11) is 0. The maximum atomic E-state index is 12.2. The Morgan fingerprint density at radius 3 is 2.41 bits per heavy atom. The number of carbonyl (C=O) groups is 2. The Bertz CT molecular complexity index is 474. The first-order valence-corrected chi connectivity index (χ1v) is 6.72. The largest absolute Gasteiger partial charge is 0.276 e. The third-order valence-corrected chi connectivity index (χ3v) is 4.38. The summed E-state index contributed by atoms with van der Waals surface area (Å²) < 4.78 is 0. The second-order valence-corrected chi connectivity index (χ2v) is 6.15. The van der Waals surface area contributed by atoms with Gasteiger partial charge in [0, 0.05) is 15.8 Å². The zero-order valence-electron chi connectivity index (χ0n) is 10.6. The van der Waals surface area contributed by atoms with Gasteiger partial charge in [-0.1, -0.05) is 13.8 Å². The second kappa shape index (κ2) is 4.26. The number of thiophene rings is 1. The molecule has 0 saturated heterocycles. The Kier molecular flexibility index (Phi) is 3.08. The van der Waals surface area contributed by atoms with E-state index >= 15 is 0 Å². The summed E-state index contributed by atoms with van der Waals surface area (Å²) in [5.74, 6) is 0.199. The predicted octanol–water partition coefficient (Wildman–Crippen LogP) is 2.80. The molecule has 0 fully saturated rings. The molecule has 1 aromatic rings. The molecule has 0 radical (unpaired) electrons. The molecule has 0 unspecified atom stereocenters. The van der Waals surface area contributed by atoms with Crippen molar-refractivity contribution in [2.75, 3.05) is 0 Å². The van der Waals surface area contributed by atoms with Gasteiger partial charge >= 0.3 is 0 Å². The van der Waals surface area contributed by atoms with Gasteiger partial charge in [0.2, 0.25) is 5.91 Å². The molecule has 0 aromatic carbocycles. The molecule has 17 heavy (non-hydrogen) atoms. The molecule has 1 aliphatic heterocycles. The highest BCUT2D eigenvalue weighted by Crippen LogP contribution is 2.33. The predicted molar refractivity (Wildman–Crippen MR) is 68.4 cm³/mol. The molecule has 0 atom stereocenters. The molecule has 1 aliphatic rings. The first-order chi connectivity index (χ1) is 7.91. The standard InChI is InChI=1S/C13H17NO2S/c1-7(2)10-5-9-11(17-10)6-12(15)14(8(3)4)13(9)16/h5,7-8H,6H2,1-4H3. The molecule has 2 rings (SSSR count). The van der Waals surface area contributed by atoms with Crippen molar-refractivity contribution >= 4 is 23.2 Å². The van der Waals surface area contributed by atoms with Crippen LogP contribution in [0, 0.1) is 0 Å². The van der Waals surface area contributed by atoms with Gasteiger partial charge in [0.25, 0.3) is 5.91 Å². The van der Waals surface area contributed by atoms with E-state index in [-0.39, 0.29) is 17.9 Å². The summed E-state index contributed by atoms with van der Waals surface area (Å²) >= 11 is 1.60. The highest BCUT2D eigenvalue weighted by atomic mass is 32.1. The monoisotopic (exact) mass is 251 g/mol. The lowest BCUT2D eigenvalue weighted by atomic mass is 10.0.